The first-order chi connectivity index (χ1) is 5.76. The van der Waals surface area contributed by atoms with Crippen molar-refractivity contribution in [2.75, 3.05) is 13.2 Å². The van der Waals surface area contributed by atoms with Crippen molar-refractivity contribution in [1.82, 2.24) is 5.32 Å². The van der Waals surface area contributed by atoms with Crippen molar-refractivity contribution in [3.63, 3.8) is 0 Å². The first-order valence-corrected chi connectivity index (χ1v) is 5.10. The van der Waals surface area contributed by atoms with E-state index in [1.807, 2.05) is 0 Å². The van der Waals surface area contributed by atoms with Gasteiger partial charge in [0.25, 0.3) is 0 Å². The van der Waals surface area contributed by atoms with Gasteiger partial charge in [-0.15, -0.1) is 0 Å². The van der Waals surface area contributed by atoms with E-state index < -0.39 is 0 Å². The Morgan fingerprint density at radius 2 is 1.92 bits per heavy atom. The van der Waals surface area contributed by atoms with Crippen LogP contribution in [0.4, 0.5) is 0 Å². The largest absolute Gasteiger partial charge is 0.397 e. The summed E-state index contributed by atoms with van der Waals surface area (Å²) in [5.74, 6) is 0.960. The van der Waals surface area contributed by atoms with Gasteiger partial charge in [0.1, 0.15) is 0 Å². The Morgan fingerprint density at radius 3 is 2.25 bits per heavy atom. The molecule has 0 aromatic heterocycles. The topological polar surface area (TPSA) is 32.3 Å². The van der Waals surface area contributed by atoms with Crippen LogP contribution in [0.25, 0.3) is 0 Å². The first-order valence-electron chi connectivity index (χ1n) is 5.10. The van der Waals surface area contributed by atoms with Crippen molar-refractivity contribution in [2.45, 2.75) is 46.1 Å². The van der Waals surface area contributed by atoms with Crippen LogP contribution in [0.3, 0.4) is 0 Å². The number of rotatable bonds is 4. The molecule has 0 aromatic carbocycles. The normalized spacial score (nSPS) is 26.0. The molecule has 1 saturated carbocycles. The molecule has 1 aliphatic rings. The molecular formula is C10H23NO. The van der Waals surface area contributed by atoms with Gasteiger partial charge in [-0.1, -0.05) is 20.3 Å². The lowest BCUT2D eigenvalue weighted by molar-refractivity contribution is 0.318. The summed E-state index contributed by atoms with van der Waals surface area (Å²) in [6, 6.07) is 0.872. The molecule has 0 radical (unpaired) electrons. The zero-order valence-electron chi connectivity index (χ0n) is 8.64. The summed E-state index contributed by atoms with van der Waals surface area (Å²) in [6.45, 7) is 7.70. The lowest BCUT2D eigenvalue weighted by Crippen LogP contribution is -2.18. The van der Waals surface area contributed by atoms with E-state index in [1.165, 1.54) is 25.8 Å². The summed E-state index contributed by atoms with van der Waals surface area (Å²) >= 11 is 0. The maximum absolute atomic E-state index is 7.57. The molecule has 2 atom stereocenters. The maximum Gasteiger partial charge on any atom is 0.0402 e. The highest BCUT2D eigenvalue weighted by molar-refractivity contribution is 4.89. The number of nitrogens with one attached hydrogen (secondary N) is 1. The third-order valence-electron chi connectivity index (χ3n) is 2.05. The van der Waals surface area contributed by atoms with Crippen molar-refractivity contribution in [3.05, 3.63) is 0 Å². The molecule has 2 nitrogen and oxygen atoms in total. The Balaban J connectivity index is 0.000000354. The summed E-state index contributed by atoms with van der Waals surface area (Å²) < 4.78 is 0. The van der Waals surface area contributed by atoms with Crippen molar-refractivity contribution in [1.29, 1.82) is 0 Å². The lowest BCUT2D eigenvalue weighted by atomic mass is 10.3. The predicted molar refractivity (Wildman–Crippen MR) is 53.2 cm³/mol. The number of aliphatic hydroxyl groups excluding tert-OH is 1. The summed E-state index contributed by atoms with van der Waals surface area (Å²) in [7, 11) is 0. The van der Waals surface area contributed by atoms with Crippen LogP contribution in [-0.4, -0.2) is 24.3 Å². The molecule has 2 unspecified atom stereocenters. The summed E-state index contributed by atoms with van der Waals surface area (Å²) in [5.41, 5.74) is 0. The van der Waals surface area contributed by atoms with Crippen molar-refractivity contribution < 1.29 is 5.11 Å². The van der Waals surface area contributed by atoms with Gasteiger partial charge in [0.05, 0.1) is 0 Å². The molecule has 0 aliphatic heterocycles. The zero-order chi connectivity index (χ0) is 9.40. The third-order valence-corrected chi connectivity index (χ3v) is 2.05. The number of aliphatic hydroxyl groups is 1. The Hall–Kier alpha value is -0.0800. The van der Waals surface area contributed by atoms with Gasteiger partial charge in [-0.25, -0.2) is 0 Å². The first kappa shape index (κ1) is 11.9. The molecule has 0 aromatic rings. The van der Waals surface area contributed by atoms with E-state index in [2.05, 4.69) is 19.2 Å². The molecule has 12 heavy (non-hydrogen) atoms. The Bertz CT molecular complexity index is 95.8. The Kier molecular flexibility index (Phi) is 7.51. The minimum Gasteiger partial charge on any atom is -0.397 e. The van der Waals surface area contributed by atoms with Gasteiger partial charge in [-0.05, 0) is 32.2 Å². The molecule has 0 amide bonds. The second-order valence-corrected chi connectivity index (χ2v) is 3.44. The molecule has 0 bridgehead atoms. The van der Waals surface area contributed by atoms with Crippen LogP contribution >= 0.6 is 0 Å². The van der Waals surface area contributed by atoms with Crippen LogP contribution in [0.1, 0.15) is 40.0 Å². The van der Waals surface area contributed by atoms with E-state index in [0.717, 1.165) is 12.0 Å². The summed E-state index contributed by atoms with van der Waals surface area (Å²) in [5, 5.41) is 11.1. The van der Waals surface area contributed by atoms with Crippen molar-refractivity contribution in [3.8, 4) is 0 Å². The molecule has 0 heterocycles. The molecule has 1 rings (SSSR count). The zero-order valence-corrected chi connectivity index (χ0v) is 8.64. The number of hydrogen-bond donors (Lipinski definition) is 2. The van der Waals surface area contributed by atoms with Crippen LogP contribution in [0.2, 0.25) is 0 Å². The van der Waals surface area contributed by atoms with E-state index in [-0.39, 0.29) is 6.61 Å². The van der Waals surface area contributed by atoms with Crippen LogP contribution in [0.5, 0.6) is 0 Å². The predicted octanol–water partition coefficient (Wildman–Crippen LogP) is 1.78. The van der Waals surface area contributed by atoms with Gasteiger partial charge < -0.3 is 10.4 Å². The average molecular weight is 173 g/mol. The fourth-order valence-electron chi connectivity index (χ4n) is 1.07. The minimum atomic E-state index is 0.250. The fraction of sp³-hybridized carbons (Fsp3) is 1.00. The molecule has 2 N–H and O–H groups in total. The van der Waals surface area contributed by atoms with E-state index in [4.69, 9.17) is 5.11 Å². The quantitative estimate of drug-likeness (QED) is 0.635. The summed E-state index contributed by atoms with van der Waals surface area (Å²) in [6.07, 6.45) is 4.06. The molecule has 74 valence electrons. The number of hydrogen-bond acceptors (Lipinski definition) is 2. The Labute approximate surface area is 76.4 Å². The summed E-state index contributed by atoms with van der Waals surface area (Å²) in [4.78, 5) is 0. The van der Waals surface area contributed by atoms with Gasteiger partial charge in [-0.2, -0.15) is 0 Å². The van der Waals surface area contributed by atoms with Crippen molar-refractivity contribution >= 4 is 0 Å². The average Bonchev–Trinajstić information content (AvgIpc) is 2.69. The standard InChI is InChI=1S/C8H17N.C2H6O/c1-3-4-5-9-8-6-7(8)2;1-2-3/h7-9H,3-6H2,1-2H3;3H,2H2,1H3. The molecule has 2 heteroatoms. The van der Waals surface area contributed by atoms with E-state index in [1.54, 1.807) is 6.92 Å². The van der Waals surface area contributed by atoms with E-state index in [9.17, 15) is 0 Å². The highest BCUT2D eigenvalue weighted by Crippen LogP contribution is 2.28. The minimum absolute atomic E-state index is 0.250. The molecule has 0 spiro atoms. The fourth-order valence-corrected chi connectivity index (χ4v) is 1.07. The molecule has 1 fully saturated rings. The molecule has 1 aliphatic carbocycles. The van der Waals surface area contributed by atoms with Gasteiger partial charge in [0, 0.05) is 12.6 Å². The van der Waals surface area contributed by atoms with E-state index >= 15 is 0 Å². The van der Waals surface area contributed by atoms with E-state index in [0.29, 0.717) is 0 Å². The van der Waals surface area contributed by atoms with Crippen LogP contribution in [-0.2, 0) is 0 Å². The van der Waals surface area contributed by atoms with Crippen LogP contribution < -0.4 is 5.32 Å². The molecule has 0 saturated heterocycles. The SMILES string of the molecule is CCCCNC1CC1C.CCO. The van der Waals surface area contributed by atoms with Crippen LogP contribution in [0.15, 0.2) is 0 Å². The highest BCUT2D eigenvalue weighted by Gasteiger charge is 2.31. The smallest absolute Gasteiger partial charge is 0.0402 e. The Morgan fingerprint density at radius 1 is 1.42 bits per heavy atom. The van der Waals surface area contributed by atoms with Gasteiger partial charge in [0.2, 0.25) is 0 Å². The third kappa shape index (κ3) is 6.62. The van der Waals surface area contributed by atoms with Gasteiger partial charge >= 0.3 is 0 Å². The monoisotopic (exact) mass is 173 g/mol. The van der Waals surface area contributed by atoms with Crippen molar-refractivity contribution in [2.24, 2.45) is 5.92 Å². The lowest BCUT2D eigenvalue weighted by Gasteiger charge is -1.98. The highest BCUT2D eigenvalue weighted by atomic mass is 16.2. The van der Waals surface area contributed by atoms with Crippen LogP contribution in [0, 0.1) is 5.92 Å². The maximum atomic E-state index is 7.57. The van der Waals surface area contributed by atoms with Gasteiger partial charge in [-0.3, -0.25) is 0 Å². The second kappa shape index (κ2) is 7.56. The van der Waals surface area contributed by atoms with Gasteiger partial charge in [0.15, 0.2) is 0 Å². The second-order valence-electron chi connectivity index (χ2n) is 3.44. The molecular weight excluding hydrogens is 150 g/mol. The number of unbranched alkanes of at least 4 members (excludes halogenated alkanes) is 1.